The summed E-state index contributed by atoms with van der Waals surface area (Å²) in [6, 6.07) is 11.1. The molecule has 0 radical (unpaired) electrons. The molecule has 0 saturated carbocycles. The maximum absolute atomic E-state index is 13.2. The van der Waals surface area contributed by atoms with Gasteiger partial charge in [-0.05, 0) is 42.8 Å². The highest BCUT2D eigenvalue weighted by Gasteiger charge is 2.14. The molecule has 9 heteroatoms. The third-order valence-electron chi connectivity index (χ3n) is 3.71. The zero-order chi connectivity index (χ0) is 20.1. The standard InChI is InChI=1S/C19H16ClFN4O2S/c1-11-3-2-4-13(9-11)22-18(27)19-25-24-17(28-19)8-7-16(26)23-15-10-12(21)5-6-14(15)20/h2-6,9-10H,7-8H2,1H3,(H,22,27)(H,23,26). The van der Waals surface area contributed by atoms with E-state index in [2.05, 4.69) is 20.8 Å². The molecule has 0 fully saturated rings. The fourth-order valence-corrected chi connectivity index (χ4v) is 3.28. The quantitative estimate of drug-likeness (QED) is 0.618. The Bertz CT molecular complexity index is 1020. The van der Waals surface area contributed by atoms with E-state index in [1.807, 2.05) is 25.1 Å². The van der Waals surface area contributed by atoms with Crippen LogP contribution in [0.25, 0.3) is 0 Å². The van der Waals surface area contributed by atoms with Gasteiger partial charge in [-0.3, -0.25) is 9.59 Å². The maximum atomic E-state index is 13.2. The van der Waals surface area contributed by atoms with E-state index in [1.165, 1.54) is 12.1 Å². The molecule has 2 amide bonds. The van der Waals surface area contributed by atoms with E-state index < -0.39 is 5.82 Å². The number of nitrogens with zero attached hydrogens (tertiary/aromatic N) is 2. The van der Waals surface area contributed by atoms with E-state index in [9.17, 15) is 14.0 Å². The van der Waals surface area contributed by atoms with Crippen molar-refractivity contribution in [2.75, 3.05) is 10.6 Å². The molecule has 0 bridgehead atoms. The zero-order valence-corrected chi connectivity index (χ0v) is 16.4. The molecule has 0 spiro atoms. The maximum Gasteiger partial charge on any atom is 0.286 e. The summed E-state index contributed by atoms with van der Waals surface area (Å²) in [4.78, 5) is 24.3. The van der Waals surface area contributed by atoms with Gasteiger partial charge in [0.1, 0.15) is 10.8 Å². The van der Waals surface area contributed by atoms with E-state index >= 15 is 0 Å². The topological polar surface area (TPSA) is 84.0 Å². The number of halogens is 2. The van der Waals surface area contributed by atoms with Gasteiger partial charge in [-0.1, -0.05) is 35.1 Å². The van der Waals surface area contributed by atoms with Crippen LogP contribution in [0.1, 0.15) is 26.8 Å². The molecule has 0 unspecified atom stereocenters. The molecule has 1 heterocycles. The van der Waals surface area contributed by atoms with Crippen molar-refractivity contribution in [2.24, 2.45) is 0 Å². The van der Waals surface area contributed by atoms with E-state index in [-0.39, 0.29) is 34.0 Å². The summed E-state index contributed by atoms with van der Waals surface area (Å²) in [5.41, 5.74) is 1.91. The minimum Gasteiger partial charge on any atom is -0.325 e. The van der Waals surface area contributed by atoms with Gasteiger partial charge >= 0.3 is 0 Å². The summed E-state index contributed by atoms with van der Waals surface area (Å²) in [6.07, 6.45) is 0.398. The van der Waals surface area contributed by atoms with Crippen LogP contribution in [0.15, 0.2) is 42.5 Å². The normalized spacial score (nSPS) is 10.5. The van der Waals surface area contributed by atoms with Crippen LogP contribution >= 0.6 is 22.9 Å². The number of hydrogen-bond donors (Lipinski definition) is 2. The van der Waals surface area contributed by atoms with Gasteiger partial charge in [0.25, 0.3) is 5.91 Å². The van der Waals surface area contributed by atoms with Crippen LogP contribution in [0.5, 0.6) is 0 Å². The molecular weight excluding hydrogens is 403 g/mol. The number of aryl methyl sites for hydroxylation is 2. The summed E-state index contributed by atoms with van der Waals surface area (Å²) in [5.74, 6) is -1.19. The number of benzene rings is 2. The lowest BCUT2D eigenvalue weighted by Gasteiger charge is -2.06. The van der Waals surface area contributed by atoms with Crippen molar-refractivity contribution in [3.63, 3.8) is 0 Å². The first-order valence-electron chi connectivity index (χ1n) is 8.36. The minimum atomic E-state index is -0.493. The van der Waals surface area contributed by atoms with Gasteiger partial charge in [0, 0.05) is 18.5 Å². The SMILES string of the molecule is Cc1cccc(NC(=O)c2nnc(CCC(=O)Nc3cc(F)ccc3Cl)s2)c1. The zero-order valence-electron chi connectivity index (χ0n) is 14.8. The third-order valence-corrected chi connectivity index (χ3v) is 5.02. The fraction of sp³-hybridized carbons (Fsp3) is 0.158. The summed E-state index contributed by atoms with van der Waals surface area (Å²) < 4.78 is 13.2. The number of carbonyl (C=O) groups excluding carboxylic acids is 2. The van der Waals surface area contributed by atoms with E-state index in [0.717, 1.165) is 23.0 Å². The molecular formula is C19H16ClFN4O2S. The summed E-state index contributed by atoms with van der Waals surface area (Å²) >= 11 is 7.04. The second-order valence-corrected chi connectivity index (χ2v) is 7.47. The molecule has 144 valence electrons. The van der Waals surface area contributed by atoms with Crippen molar-refractivity contribution in [3.05, 3.63) is 68.9 Å². The highest BCUT2D eigenvalue weighted by molar-refractivity contribution is 7.13. The molecule has 0 aliphatic rings. The van der Waals surface area contributed by atoms with Crippen LogP contribution in [0.3, 0.4) is 0 Å². The number of carbonyl (C=O) groups is 2. The van der Waals surface area contributed by atoms with Gasteiger partial charge in [0.05, 0.1) is 10.7 Å². The number of aromatic nitrogens is 2. The van der Waals surface area contributed by atoms with Crippen LogP contribution < -0.4 is 10.6 Å². The Morgan fingerprint density at radius 3 is 2.75 bits per heavy atom. The lowest BCUT2D eigenvalue weighted by molar-refractivity contribution is -0.116. The summed E-state index contributed by atoms with van der Waals surface area (Å²) in [6.45, 7) is 1.93. The smallest absolute Gasteiger partial charge is 0.286 e. The molecule has 0 aliphatic carbocycles. The molecule has 1 aromatic heterocycles. The molecule has 6 nitrogen and oxygen atoms in total. The van der Waals surface area contributed by atoms with Crippen molar-refractivity contribution >= 4 is 46.1 Å². The van der Waals surface area contributed by atoms with Gasteiger partial charge in [0.2, 0.25) is 10.9 Å². The summed E-state index contributed by atoms with van der Waals surface area (Å²) in [7, 11) is 0. The van der Waals surface area contributed by atoms with Crippen LogP contribution in [-0.4, -0.2) is 22.0 Å². The van der Waals surface area contributed by atoms with Crippen molar-refractivity contribution in [1.82, 2.24) is 10.2 Å². The Balaban J connectivity index is 1.54. The van der Waals surface area contributed by atoms with Crippen molar-refractivity contribution in [3.8, 4) is 0 Å². The van der Waals surface area contributed by atoms with Crippen molar-refractivity contribution in [1.29, 1.82) is 0 Å². The highest BCUT2D eigenvalue weighted by Crippen LogP contribution is 2.23. The summed E-state index contributed by atoms with van der Waals surface area (Å²) in [5, 5.41) is 14.2. The lowest BCUT2D eigenvalue weighted by atomic mass is 10.2. The number of anilines is 2. The average Bonchev–Trinajstić information content (AvgIpc) is 3.12. The molecule has 3 aromatic rings. The second kappa shape index (κ2) is 8.90. The third kappa shape index (κ3) is 5.34. The van der Waals surface area contributed by atoms with Crippen molar-refractivity contribution in [2.45, 2.75) is 19.8 Å². The van der Waals surface area contributed by atoms with Gasteiger partial charge < -0.3 is 10.6 Å². The minimum absolute atomic E-state index is 0.0982. The van der Waals surface area contributed by atoms with Crippen LogP contribution in [-0.2, 0) is 11.2 Å². The van der Waals surface area contributed by atoms with Crippen LogP contribution in [0.4, 0.5) is 15.8 Å². The van der Waals surface area contributed by atoms with E-state index in [4.69, 9.17) is 11.6 Å². The van der Waals surface area contributed by atoms with E-state index in [1.54, 1.807) is 6.07 Å². The second-order valence-electron chi connectivity index (χ2n) is 6.00. The molecule has 28 heavy (non-hydrogen) atoms. The van der Waals surface area contributed by atoms with Gasteiger partial charge in [-0.15, -0.1) is 10.2 Å². The molecule has 0 atom stereocenters. The molecule has 2 aromatic carbocycles. The van der Waals surface area contributed by atoms with Crippen LogP contribution in [0, 0.1) is 12.7 Å². The number of hydrogen-bond acceptors (Lipinski definition) is 5. The Kier molecular flexibility index (Phi) is 6.33. The first-order valence-corrected chi connectivity index (χ1v) is 9.55. The van der Waals surface area contributed by atoms with Gasteiger partial charge in [-0.2, -0.15) is 0 Å². The molecule has 3 rings (SSSR count). The molecule has 0 saturated heterocycles. The molecule has 0 aliphatic heterocycles. The predicted molar refractivity (Wildman–Crippen MR) is 107 cm³/mol. The number of nitrogens with one attached hydrogen (secondary N) is 2. The largest absolute Gasteiger partial charge is 0.325 e. The van der Waals surface area contributed by atoms with Gasteiger partial charge in [-0.25, -0.2) is 4.39 Å². The Morgan fingerprint density at radius 2 is 1.96 bits per heavy atom. The Hall–Kier alpha value is -2.84. The first kappa shape index (κ1) is 19.9. The number of amides is 2. The van der Waals surface area contributed by atoms with E-state index in [0.29, 0.717) is 17.1 Å². The average molecular weight is 419 g/mol. The molecule has 2 N–H and O–H groups in total. The monoisotopic (exact) mass is 418 g/mol. The number of rotatable bonds is 6. The Morgan fingerprint density at radius 1 is 1.14 bits per heavy atom. The first-order chi connectivity index (χ1) is 13.4. The van der Waals surface area contributed by atoms with Crippen LogP contribution in [0.2, 0.25) is 5.02 Å². The van der Waals surface area contributed by atoms with Gasteiger partial charge in [0.15, 0.2) is 0 Å². The van der Waals surface area contributed by atoms with Crippen molar-refractivity contribution < 1.29 is 14.0 Å². The predicted octanol–water partition coefficient (Wildman–Crippen LogP) is 4.46. The lowest BCUT2D eigenvalue weighted by Crippen LogP contribution is -2.12. The Labute approximate surface area is 169 Å². The highest BCUT2D eigenvalue weighted by atomic mass is 35.5. The fourth-order valence-electron chi connectivity index (χ4n) is 2.38.